The molecule has 0 aromatic carbocycles. The third-order valence-electron chi connectivity index (χ3n) is 3.94. The lowest BCUT2D eigenvalue weighted by Crippen LogP contribution is -2.23. The predicted molar refractivity (Wildman–Crippen MR) is 98.6 cm³/mol. The molecule has 0 rings (SSSR count). The summed E-state index contributed by atoms with van der Waals surface area (Å²) in [5.41, 5.74) is 10.0. The largest absolute Gasteiger partial charge is 0.535 e. The maximum Gasteiger partial charge on any atom is 0.535 e. The van der Waals surface area contributed by atoms with Crippen LogP contribution in [0.4, 0.5) is 4.79 Å². The maximum absolute atomic E-state index is 11.0. The van der Waals surface area contributed by atoms with E-state index in [0.29, 0.717) is 6.61 Å². The molecule has 0 radical (unpaired) electrons. The minimum absolute atomic E-state index is 0.302. The molecule has 0 saturated carbocycles. The third-order valence-corrected chi connectivity index (χ3v) is 3.94. The Morgan fingerprint density at radius 3 is 1.58 bits per heavy atom. The molecule has 142 valence electrons. The highest BCUT2D eigenvalue weighted by molar-refractivity contribution is 5.75. The van der Waals surface area contributed by atoms with Gasteiger partial charge in [0.1, 0.15) is 0 Å². The van der Waals surface area contributed by atoms with Gasteiger partial charge in [-0.3, -0.25) is 4.84 Å². The summed E-state index contributed by atoms with van der Waals surface area (Å²) in [6.45, 7) is 2.60. The number of rotatable bonds is 16. The monoisotopic (exact) mass is 343 g/mol. The lowest BCUT2D eigenvalue weighted by atomic mass is 10.0. The highest BCUT2D eigenvalue weighted by atomic mass is 16.8. The molecule has 0 atom stereocenters. The molecule has 0 amide bonds. The van der Waals surface area contributed by atoms with Crippen LogP contribution in [0, 0.1) is 0 Å². The Hall–Kier alpha value is -1.46. The van der Waals surface area contributed by atoms with E-state index in [0.717, 1.165) is 12.8 Å². The van der Waals surface area contributed by atoms with Gasteiger partial charge in [0.15, 0.2) is 0 Å². The van der Waals surface area contributed by atoms with Crippen molar-refractivity contribution in [1.29, 1.82) is 0 Å². The lowest BCUT2D eigenvalue weighted by Gasteiger charge is -2.04. The summed E-state index contributed by atoms with van der Waals surface area (Å²) in [5.74, 6) is -0.302. The second kappa shape index (κ2) is 17.9. The predicted octanol–water partition coefficient (Wildman–Crippen LogP) is 4.81. The fraction of sp³-hybridized carbons (Fsp3) is 0.889. The molecular formula is C18H37N3O3. The van der Waals surface area contributed by atoms with Crippen molar-refractivity contribution in [3.8, 4) is 0 Å². The molecule has 0 saturated heterocycles. The molecule has 0 bridgehead atoms. The Labute approximate surface area is 147 Å². The van der Waals surface area contributed by atoms with Crippen molar-refractivity contribution in [3.63, 3.8) is 0 Å². The van der Waals surface area contributed by atoms with Crippen LogP contribution in [0.25, 0.3) is 0 Å². The number of guanidine groups is 1. The van der Waals surface area contributed by atoms with E-state index in [1.807, 2.05) is 0 Å². The van der Waals surface area contributed by atoms with E-state index in [4.69, 9.17) is 16.2 Å². The number of hydrogen-bond donors (Lipinski definition) is 2. The number of ether oxygens (including phenoxy) is 1. The summed E-state index contributed by atoms with van der Waals surface area (Å²) >= 11 is 0. The lowest BCUT2D eigenvalue weighted by molar-refractivity contribution is 0.0559. The summed E-state index contributed by atoms with van der Waals surface area (Å²) < 4.78 is 4.82. The first-order valence-corrected chi connectivity index (χ1v) is 9.59. The number of oxime groups is 1. The molecule has 0 aromatic heterocycles. The van der Waals surface area contributed by atoms with Gasteiger partial charge in [-0.1, -0.05) is 90.4 Å². The number of nitrogens with zero attached hydrogens (tertiary/aromatic N) is 1. The van der Waals surface area contributed by atoms with Crippen molar-refractivity contribution >= 4 is 12.1 Å². The second-order valence-corrected chi connectivity index (χ2v) is 6.30. The van der Waals surface area contributed by atoms with E-state index in [2.05, 4.69) is 16.9 Å². The maximum atomic E-state index is 11.0. The van der Waals surface area contributed by atoms with E-state index in [9.17, 15) is 4.79 Å². The van der Waals surface area contributed by atoms with E-state index >= 15 is 0 Å². The van der Waals surface area contributed by atoms with Crippen LogP contribution in [0.15, 0.2) is 5.16 Å². The van der Waals surface area contributed by atoms with Gasteiger partial charge in [0, 0.05) is 0 Å². The minimum Gasteiger partial charge on any atom is -0.433 e. The van der Waals surface area contributed by atoms with Crippen molar-refractivity contribution in [2.45, 2.75) is 96.8 Å². The molecule has 0 aliphatic carbocycles. The van der Waals surface area contributed by atoms with Crippen molar-refractivity contribution in [2.24, 2.45) is 16.6 Å². The average molecular weight is 344 g/mol. The Balaban J connectivity index is 3.12. The zero-order chi connectivity index (χ0) is 17.9. The van der Waals surface area contributed by atoms with E-state index in [1.54, 1.807) is 0 Å². The van der Waals surface area contributed by atoms with Gasteiger partial charge in [-0.25, -0.2) is 4.79 Å². The molecule has 6 heteroatoms. The van der Waals surface area contributed by atoms with Crippen LogP contribution in [-0.4, -0.2) is 18.7 Å². The summed E-state index contributed by atoms with van der Waals surface area (Å²) in [4.78, 5) is 15.3. The van der Waals surface area contributed by atoms with Crippen LogP contribution >= 0.6 is 0 Å². The number of carbonyl (C=O) groups is 1. The highest BCUT2D eigenvalue weighted by Gasteiger charge is 2.02. The van der Waals surface area contributed by atoms with E-state index < -0.39 is 6.16 Å². The number of unbranched alkanes of at least 4 members (excludes halogenated alkanes) is 13. The standard InChI is InChI=1S/C18H37N3O3/c1-2-3-4-5-6-7-8-9-10-11-12-13-14-15-16-23-18(22)24-21-17(19)20/h2-16H2,1H3,(H4,19,20,21). The van der Waals surface area contributed by atoms with Gasteiger partial charge in [-0.15, -0.1) is 0 Å². The Morgan fingerprint density at radius 2 is 1.17 bits per heavy atom. The summed E-state index contributed by atoms with van der Waals surface area (Å²) in [7, 11) is 0. The SMILES string of the molecule is CCCCCCCCCCCCCCCCOC(=O)ON=C(N)N. The summed E-state index contributed by atoms with van der Waals surface area (Å²) in [6, 6.07) is 0. The molecule has 24 heavy (non-hydrogen) atoms. The molecule has 0 fully saturated rings. The van der Waals surface area contributed by atoms with E-state index in [1.165, 1.54) is 77.0 Å². The van der Waals surface area contributed by atoms with Crippen molar-refractivity contribution in [3.05, 3.63) is 0 Å². The van der Waals surface area contributed by atoms with Crippen molar-refractivity contribution in [2.75, 3.05) is 6.61 Å². The molecule has 0 spiro atoms. The van der Waals surface area contributed by atoms with Gasteiger partial charge in [-0.2, -0.15) is 0 Å². The van der Waals surface area contributed by atoms with Gasteiger partial charge in [0.2, 0.25) is 5.96 Å². The Morgan fingerprint density at radius 1 is 0.750 bits per heavy atom. The van der Waals surface area contributed by atoms with Crippen LogP contribution in [0.5, 0.6) is 0 Å². The smallest absolute Gasteiger partial charge is 0.433 e. The van der Waals surface area contributed by atoms with E-state index in [-0.39, 0.29) is 5.96 Å². The van der Waals surface area contributed by atoms with Crippen LogP contribution < -0.4 is 11.5 Å². The van der Waals surface area contributed by atoms with Crippen LogP contribution in [0.1, 0.15) is 96.8 Å². The topological polar surface area (TPSA) is 99.9 Å². The summed E-state index contributed by atoms with van der Waals surface area (Å²) in [5, 5.41) is 3.11. The van der Waals surface area contributed by atoms with Crippen LogP contribution in [0.3, 0.4) is 0 Å². The van der Waals surface area contributed by atoms with Crippen LogP contribution in [-0.2, 0) is 9.57 Å². The zero-order valence-corrected chi connectivity index (χ0v) is 15.4. The van der Waals surface area contributed by atoms with Gasteiger partial charge >= 0.3 is 6.16 Å². The molecule has 6 nitrogen and oxygen atoms in total. The Bertz CT molecular complexity index is 319. The average Bonchev–Trinajstić information content (AvgIpc) is 2.56. The molecule has 0 aliphatic heterocycles. The Kier molecular flexibility index (Phi) is 16.8. The first-order chi connectivity index (χ1) is 11.7. The third kappa shape index (κ3) is 18.6. The number of nitrogens with two attached hydrogens (primary N) is 2. The first-order valence-electron chi connectivity index (χ1n) is 9.59. The molecule has 0 aromatic rings. The van der Waals surface area contributed by atoms with Crippen molar-refractivity contribution in [1.82, 2.24) is 0 Å². The zero-order valence-electron chi connectivity index (χ0n) is 15.4. The van der Waals surface area contributed by atoms with Gasteiger partial charge in [0.05, 0.1) is 6.61 Å². The second-order valence-electron chi connectivity index (χ2n) is 6.30. The quantitative estimate of drug-likeness (QED) is 0.105. The molecule has 4 N–H and O–H groups in total. The summed E-state index contributed by atoms with van der Waals surface area (Å²) in [6.07, 6.45) is 17.2. The van der Waals surface area contributed by atoms with Crippen LogP contribution in [0.2, 0.25) is 0 Å². The van der Waals surface area contributed by atoms with Gasteiger partial charge < -0.3 is 16.2 Å². The fourth-order valence-corrected chi connectivity index (χ4v) is 2.57. The molecular weight excluding hydrogens is 306 g/mol. The number of hydrogen-bond acceptors (Lipinski definition) is 4. The van der Waals surface area contributed by atoms with Crippen molar-refractivity contribution < 1.29 is 14.4 Å². The fourth-order valence-electron chi connectivity index (χ4n) is 2.57. The van der Waals surface area contributed by atoms with Gasteiger partial charge in [-0.05, 0) is 11.6 Å². The molecule has 0 aliphatic rings. The minimum atomic E-state index is -0.863. The van der Waals surface area contributed by atoms with Gasteiger partial charge in [0.25, 0.3) is 0 Å². The first kappa shape index (κ1) is 22.5. The molecule has 0 unspecified atom stereocenters. The highest BCUT2D eigenvalue weighted by Crippen LogP contribution is 2.12. The normalized spacial score (nSPS) is 10.4. The number of carbonyl (C=O) groups excluding carboxylic acids is 1. The molecule has 0 heterocycles.